The Morgan fingerprint density at radius 1 is 1.28 bits per heavy atom. The summed E-state index contributed by atoms with van der Waals surface area (Å²) in [6.45, 7) is 1.02. The molecule has 104 valence electrons. The van der Waals surface area contributed by atoms with Crippen molar-refractivity contribution in [1.29, 1.82) is 0 Å². The summed E-state index contributed by atoms with van der Waals surface area (Å²) in [5.74, 6) is 0.206. The van der Waals surface area contributed by atoms with Gasteiger partial charge in [0.05, 0.1) is 0 Å². The van der Waals surface area contributed by atoms with Crippen molar-refractivity contribution >= 4 is 5.91 Å². The van der Waals surface area contributed by atoms with Crippen LogP contribution in [0.2, 0.25) is 0 Å². The minimum absolute atomic E-state index is 0.169. The Bertz CT molecular complexity index is 286. The molecule has 1 saturated heterocycles. The summed E-state index contributed by atoms with van der Waals surface area (Å²) >= 11 is 0. The molecule has 2 rings (SSSR count). The summed E-state index contributed by atoms with van der Waals surface area (Å²) in [6.07, 6.45) is 8.78. The van der Waals surface area contributed by atoms with Crippen molar-refractivity contribution in [2.75, 3.05) is 13.2 Å². The highest BCUT2D eigenvalue weighted by atomic mass is 16.3. The van der Waals surface area contributed by atoms with Crippen LogP contribution >= 0.6 is 0 Å². The van der Waals surface area contributed by atoms with Crippen LogP contribution < -0.4 is 5.73 Å². The van der Waals surface area contributed by atoms with Crippen LogP contribution in [-0.4, -0.2) is 40.6 Å². The molecule has 0 aromatic heterocycles. The highest BCUT2D eigenvalue weighted by Crippen LogP contribution is 2.31. The summed E-state index contributed by atoms with van der Waals surface area (Å²) in [6, 6.07) is 0.237. The highest BCUT2D eigenvalue weighted by Gasteiger charge is 2.35. The van der Waals surface area contributed by atoms with E-state index in [1.165, 1.54) is 6.42 Å². The van der Waals surface area contributed by atoms with Crippen LogP contribution in [0.15, 0.2) is 0 Å². The fourth-order valence-electron chi connectivity index (χ4n) is 3.44. The molecule has 1 saturated carbocycles. The number of rotatable bonds is 4. The molecule has 2 fully saturated rings. The van der Waals surface area contributed by atoms with Gasteiger partial charge < -0.3 is 15.7 Å². The van der Waals surface area contributed by atoms with E-state index in [4.69, 9.17) is 10.8 Å². The molecular formula is C14H26N2O2. The molecule has 0 radical (unpaired) electrons. The quantitative estimate of drug-likeness (QED) is 0.797. The summed E-state index contributed by atoms with van der Waals surface area (Å²) in [5, 5.41) is 9.09. The number of amides is 1. The van der Waals surface area contributed by atoms with Gasteiger partial charge in [-0.25, -0.2) is 0 Å². The van der Waals surface area contributed by atoms with Crippen LogP contribution in [-0.2, 0) is 4.79 Å². The lowest BCUT2D eigenvalue weighted by Gasteiger charge is -2.37. The predicted octanol–water partition coefficient (Wildman–Crippen LogP) is 1.41. The molecule has 4 nitrogen and oxygen atoms in total. The topological polar surface area (TPSA) is 66.6 Å². The lowest BCUT2D eigenvalue weighted by Crippen LogP contribution is -2.49. The first-order valence-electron chi connectivity index (χ1n) is 7.34. The molecule has 0 aromatic carbocycles. The number of hydrogen-bond acceptors (Lipinski definition) is 3. The van der Waals surface area contributed by atoms with Gasteiger partial charge in [-0.05, 0) is 38.5 Å². The van der Waals surface area contributed by atoms with Crippen molar-refractivity contribution in [3.8, 4) is 0 Å². The van der Waals surface area contributed by atoms with E-state index in [1.807, 2.05) is 4.90 Å². The van der Waals surface area contributed by atoms with Gasteiger partial charge in [-0.3, -0.25) is 4.79 Å². The zero-order valence-corrected chi connectivity index (χ0v) is 11.2. The zero-order valence-electron chi connectivity index (χ0n) is 11.2. The van der Waals surface area contributed by atoms with Crippen molar-refractivity contribution in [1.82, 2.24) is 4.90 Å². The average Bonchev–Trinajstić information content (AvgIpc) is 2.77. The fraction of sp³-hybridized carbons (Fsp3) is 0.929. The molecular weight excluding hydrogens is 228 g/mol. The molecule has 1 amide bonds. The van der Waals surface area contributed by atoms with Crippen molar-refractivity contribution in [2.24, 2.45) is 5.73 Å². The Morgan fingerprint density at radius 3 is 2.67 bits per heavy atom. The highest BCUT2D eigenvalue weighted by molar-refractivity contribution is 5.78. The van der Waals surface area contributed by atoms with Crippen LogP contribution in [0.3, 0.4) is 0 Å². The number of carbonyl (C=O) groups excluding carboxylic acids is 1. The minimum Gasteiger partial charge on any atom is -0.396 e. The van der Waals surface area contributed by atoms with Gasteiger partial charge in [0.1, 0.15) is 0 Å². The molecule has 2 aliphatic rings. The van der Waals surface area contributed by atoms with Crippen molar-refractivity contribution < 1.29 is 9.90 Å². The van der Waals surface area contributed by atoms with E-state index in [0.29, 0.717) is 12.8 Å². The molecule has 1 aliphatic heterocycles. The molecule has 18 heavy (non-hydrogen) atoms. The number of carbonyl (C=O) groups is 1. The summed E-state index contributed by atoms with van der Waals surface area (Å²) in [4.78, 5) is 14.4. The second-order valence-corrected chi connectivity index (χ2v) is 6.00. The molecule has 3 N–H and O–H groups in total. The van der Waals surface area contributed by atoms with E-state index < -0.39 is 0 Å². The third kappa shape index (κ3) is 3.23. The number of nitrogens with zero attached hydrogens (tertiary/aromatic N) is 1. The summed E-state index contributed by atoms with van der Waals surface area (Å²) in [7, 11) is 0. The van der Waals surface area contributed by atoms with Gasteiger partial charge in [0, 0.05) is 31.2 Å². The van der Waals surface area contributed by atoms with Gasteiger partial charge in [0.25, 0.3) is 0 Å². The monoisotopic (exact) mass is 254 g/mol. The van der Waals surface area contributed by atoms with E-state index in [1.54, 1.807) is 0 Å². The molecule has 1 aliphatic carbocycles. The molecule has 0 bridgehead atoms. The maximum absolute atomic E-state index is 12.4. The van der Waals surface area contributed by atoms with E-state index in [9.17, 15) is 4.79 Å². The van der Waals surface area contributed by atoms with E-state index in [-0.39, 0.29) is 24.1 Å². The Balaban J connectivity index is 1.93. The molecule has 4 heteroatoms. The predicted molar refractivity (Wildman–Crippen MR) is 71.1 cm³/mol. The van der Waals surface area contributed by atoms with Crippen LogP contribution in [0.1, 0.15) is 57.8 Å². The second kappa shape index (κ2) is 6.02. The maximum Gasteiger partial charge on any atom is 0.224 e. The smallest absolute Gasteiger partial charge is 0.224 e. The summed E-state index contributed by atoms with van der Waals surface area (Å²) < 4.78 is 0. The molecule has 1 unspecified atom stereocenters. The average molecular weight is 254 g/mol. The first-order valence-corrected chi connectivity index (χ1v) is 7.34. The van der Waals surface area contributed by atoms with Gasteiger partial charge >= 0.3 is 0 Å². The Hall–Kier alpha value is -0.610. The summed E-state index contributed by atoms with van der Waals surface area (Å²) in [5.41, 5.74) is 6.04. The molecule has 1 atom stereocenters. The number of aliphatic hydroxyl groups is 1. The van der Waals surface area contributed by atoms with E-state index >= 15 is 0 Å². The lowest BCUT2D eigenvalue weighted by atomic mass is 9.92. The number of hydrogen-bond donors (Lipinski definition) is 2. The van der Waals surface area contributed by atoms with E-state index in [2.05, 4.69) is 0 Å². The Morgan fingerprint density at radius 2 is 2.00 bits per heavy atom. The number of nitrogens with two attached hydrogens (primary N) is 1. The van der Waals surface area contributed by atoms with Crippen LogP contribution in [0.25, 0.3) is 0 Å². The standard InChI is InChI=1S/C14H26N2O2/c15-14(7-2-3-8-14)11-13(18)16-9-4-1-5-12(16)6-10-17/h12,17H,1-11,15H2. The number of aliphatic hydroxyl groups excluding tert-OH is 1. The maximum atomic E-state index is 12.4. The van der Waals surface area contributed by atoms with Gasteiger partial charge in [-0.2, -0.15) is 0 Å². The molecule has 0 spiro atoms. The van der Waals surface area contributed by atoms with Gasteiger partial charge in [-0.1, -0.05) is 12.8 Å². The number of likely N-dealkylation sites (tertiary alicyclic amines) is 1. The minimum atomic E-state index is -0.252. The second-order valence-electron chi connectivity index (χ2n) is 6.00. The van der Waals surface area contributed by atoms with Crippen molar-refractivity contribution in [3.05, 3.63) is 0 Å². The first-order chi connectivity index (χ1) is 8.64. The van der Waals surface area contributed by atoms with Gasteiger partial charge in [0.15, 0.2) is 0 Å². The van der Waals surface area contributed by atoms with Crippen molar-refractivity contribution in [2.45, 2.75) is 69.4 Å². The third-order valence-electron chi connectivity index (χ3n) is 4.51. The zero-order chi connectivity index (χ0) is 13.0. The van der Waals surface area contributed by atoms with Gasteiger partial charge in [-0.15, -0.1) is 0 Å². The van der Waals surface area contributed by atoms with Gasteiger partial charge in [0.2, 0.25) is 5.91 Å². The third-order valence-corrected chi connectivity index (χ3v) is 4.51. The lowest BCUT2D eigenvalue weighted by molar-refractivity contribution is -0.136. The Kier molecular flexibility index (Phi) is 4.62. The SMILES string of the molecule is NC1(CC(=O)N2CCCCC2CCO)CCCC1. The normalized spacial score (nSPS) is 27.4. The fourth-order valence-corrected chi connectivity index (χ4v) is 3.44. The Labute approximate surface area is 110 Å². The van der Waals surface area contributed by atoms with Crippen LogP contribution in [0.5, 0.6) is 0 Å². The van der Waals surface area contributed by atoms with Crippen LogP contribution in [0.4, 0.5) is 0 Å². The largest absolute Gasteiger partial charge is 0.396 e. The molecule has 1 heterocycles. The van der Waals surface area contributed by atoms with Crippen molar-refractivity contribution in [3.63, 3.8) is 0 Å². The number of piperidine rings is 1. The van der Waals surface area contributed by atoms with E-state index in [0.717, 1.165) is 45.1 Å². The molecule has 0 aromatic rings. The first kappa shape index (κ1) is 13.8. The van der Waals surface area contributed by atoms with Crippen LogP contribution in [0, 0.1) is 0 Å².